The smallest absolute Gasteiger partial charge is 0.418 e. The van der Waals surface area contributed by atoms with Gasteiger partial charge >= 0.3 is 12.4 Å². The van der Waals surface area contributed by atoms with Crippen LogP contribution in [-0.2, 0) is 13.2 Å². The Labute approximate surface area is 226 Å². The number of para-hydroxylation sites is 1. The number of imidazole rings is 1. The Morgan fingerprint density at radius 2 is 1.80 bits per heavy atom. The lowest BCUT2D eigenvalue weighted by Gasteiger charge is -2.30. The monoisotopic (exact) mass is 599 g/mol. The van der Waals surface area contributed by atoms with Crippen LogP contribution >= 0.6 is 11.6 Å². The standard InChI is InChI=1S/C24H22ClF8N5O2/c1-38-19-16(35-22(38)36-18-14(24(31,32)33)3-2-4-15(18)25)9-13(21(37-19)40-10-17(26)27)20(39)34-12-7-5-11(6-8-12)23(28,29)30/h2-4,9,11-12,17H,5-8,10H2,1H3,(H,34,39)(H,35,36). The van der Waals surface area contributed by atoms with Crippen LogP contribution < -0.4 is 15.4 Å². The zero-order valence-electron chi connectivity index (χ0n) is 20.6. The molecule has 1 aromatic carbocycles. The van der Waals surface area contributed by atoms with Gasteiger partial charge in [-0.25, -0.2) is 13.8 Å². The summed E-state index contributed by atoms with van der Waals surface area (Å²) >= 11 is 6.00. The number of hydrogen-bond acceptors (Lipinski definition) is 5. The van der Waals surface area contributed by atoms with Gasteiger partial charge in [0.2, 0.25) is 11.8 Å². The van der Waals surface area contributed by atoms with E-state index in [0.29, 0.717) is 0 Å². The highest BCUT2D eigenvalue weighted by Crippen LogP contribution is 2.40. The number of nitrogens with one attached hydrogen (secondary N) is 2. The van der Waals surface area contributed by atoms with Gasteiger partial charge in [-0.05, 0) is 43.9 Å². The van der Waals surface area contributed by atoms with Gasteiger partial charge in [-0.2, -0.15) is 31.3 Å². The molecule has 40 heavy (non-hydrogen) atoms. The molecule has 4 rings (SSSR count). The minimum atomic E-state index is -4.75. The lowest BCUT2D eigenvalue weighted by atomic mass is 9.85. The third-order valence-corrected chi connectivity index (χ3v) is 6.80. The number of aromatic nitrogens is 3. The van der Waals surface area contributed by atoms with Crippen LogP contribution in [0.5, 0.6) is 5.88 Å². The van der Waals surface area contributed by atoms with Gasteiger partial charge < -0.3 is 15.4 Å². The van der Waals surface area contributed by atoms with Crippen molar-refractivity contribution in [2.75, 3.05) is 11.9 Å². The topological polar surface area (TPSA) is 81.1 Å². The van der Waals surface area contributed by atoms with Crippen LogP contribution in [0.15, 0.2) is 24.3 Å². The number of carbonyl (C=O) groups is 1. The molecule has 3 aromatic rings. The van der Waals surface area contributed by atoms with Crippen LogP contribution in [0.4, 0.5) is 46.8 Å². The number of hydrogen-bond donors (Lipinski definition) is 2. The van der Waals surface area contributed by atoms with Gasteiger partial charge in [0.1, 0.15) is 11.1 Å². The van der Waals surface area contributed by atoms with Crippen molar-refractivity contribution in [3.8, 4) is 5.88 Å². The van der Waals surface area contributed by atoms with Crippen molar-refractivity contribution >= 4 is 40.3 Å². The molecule has 1 saturated carbocycles. The third kappa shape index (κ3) is 6.50. The minimum Gasteiger partial charge on any atom is -0.471 e. The first-order chi connectivity index (χ1) is 18.6. The molecule has 0 unspecified atom stereocenters. The number of fused-ring (bicyclic) bond motifs is 1. The van der Waals surface area contributed by atoms with Crippen LogP contribution in [-0.4, -0.2) is 45.7 Å². The van der Waals surface area contributed by atoms with Gasteiger partial charge in [-0.15, -0.1) is 0 Å². The number of alkyl halides is 8. The van der Waals surface area contributed by atoms with E-state index in [0.717, 1.165) is 18.2 Å². The number of rotatable bonds is 7. The van der Waals surface area contributed by atoms with Gasteiger partial charge in [-0.3, -0.25) is 9.36 Å². The minimum absolute atomic E-state index is 0.000869. The molecule has 218 valence electrons. The summed E-state index contributed by atoms with van der Waals surface area (Å²) in [5.74, 6) is -2.97. The van der Waals surface area contributed by atoms with Crippen LogP contribution in [0, 0.1) is 5.92 Å². The molecule has 0 atom stereocenters. The Kier molecular flexibility index (Phi) is 8.33. The predicted molar refractivity (Wildman–Crippen MR) is 129 cm³/mol. The average Bonchev–Trinajstić information content (AvgIpc) is 3.16. The van der Waals surface area contributed by atoms with Gasteiger partial charge in [0.15, 0.2) is 12.3 Å². The normalized spacial score (nSPS) is 18.3. The molecule has 1 fully saturated rings. The largest absolute Gasteiger partial charge is 0.471 e. The molecule has 0 saturated heterocycles. The summed E-state index contributed by atoms with van der Waals surface area (Å²) in [4.78, 5) is 21.3. The zero-order valence-corrected chi connectivity index (χ0v) is 21.4. The fourth-order valence-electron chi connectivity index (χ4n) is 4.45. The van der Waals surface area contributed by atoms with E-state index in [-0.39, 0.29) is 53.4 Å². The number of benzene rings is 1. The second-order valence-electron chi connectivity index (χ2n) is 9.23. The first-order valence-electron chi connectivity index (χ1n) is 11.9. The summed E-state index contributed by atoms with van der Waals surface area (Å²) in [7, 11) is 1.38. The molecule has 2 heterocycles. The first-order valence-corrected chi connectivity index (χ1v) is 12.3. The van der Waals surface area contributed by atoms with Crippen molar-refractivity contribution in [1.29, 1.82) is 0 Å². The second kappa shape index (κ2) is 11.3. The van der Waals surface area contributed by atoms with E-state index in [1.54, 1.807) is 0 Å². The van der Waals surface area contributed by atoms with Gasteiger partial charge in [0, 0.05) is 13.1 Å². The highest BCUT2D eigenvalue weighted by Gasteiger charge is 2.41. The van der Waals surface area contributed by atoms with E-state index >= 15 is 0 Å². The van der Waals surface area contributed by atoms with E-state index in [2.05, 4.69) is 20.6 Å². The van der Waals surface area contributed by atoms with Crippen LogP contribution in [0.25, 0.3) is 11.2 Å². The van der Waals surface area contributed by atoms with E-state index < -0.39 is 60.4 Å². The quantitative estimate of drug-likeness (QED) is 0.290. The molecule has 0 aliphatic heterocycles. The number of nitrogens with zero attached hydrogens (tertiary/aromatic N) is 3. The van der Waals surface area contributed by atoms with E-state index in [1.165, 1.54) is 17.7 Å². The number of amides is 1. The van der Waals surface area contributed by atoms with E-state index in [9.17, 15) is 39.9 Å². The summed E-state index contributed by atoms with van der Waals surface area (Å²) in [5, 5.41) is 4.84. The molecule has 0 spiro atoms. The predicted octanol–water partition coefficient (Wildman–Crippen LogP) is 6.88. The molecule has 1 aliphatic carbocycles. The van der Waals surface area contributed by atoms with Crippen molar-refractivity contribution in [2.45, 2.75) is 50.5 Å². The summed E-state index contributed by atoms with van der Waals surface area (Å²) in [6.07, 6.45) is -12.3. The van der Waals surface area contributed by atoms with Crippen molar-refractivity contribution in [3.63, 3.8) is 0 Å². The average molecular weight is 600 g/mol. The van der Waals surface area contributed by atoms with E-state index in [1.807, 2.05) is 0 Å². The van der Waals surface area contributed by atoms with Crippen LogP contribution in [0.2, 0.25) is 5.02 Å². The molecule has 1 amide bonds. The van der Waals surface area contributed by atoms with Crippen molar-refractivity contribution in [3.05, 3.63) is 40.4 Å². The molecule has 2 N–H and O–H groups in total. The Balaban J connectivity index is 1.65. The number of ether oxygens (including phenoxy) is 1. The SMILES string of the molecule is Cn1c(Nc2c(Cl)cccc2C(F)(F)F)nc2cc(C(=O)NC3CCC(C(F)(F)F)CC3)c(OCC(F)F)nc21. The molecule has 0 radical (unpaired) electrons. The lowest BCUT2D eigenvalue weighted by Crippen LogP contribution is -2.40. The highest BCUT2D eigenvalue weighted by molar-refractivity contribution is 6.33. The van der Waals surface area contributed by atoms with Gasteiger partial charge in [0.25, 0.3) is 12.3 Å². The number of halogens is 9. The Bertz CT molecular complexity index is 1380. The Morgan fingerprint density at radius 3 is 2.40 bits per heavy atom. The Morgan fingerprint density at radius 1 is 1.12 bits per heavy atom. The fourth-order valence-corrected chi connectivity index (χ4v) is 4.67. The molecule has 16 heteroatoms. The Hall–Kier alpha value is -3.36. The zero-order chi connectivity index (χ0) is 29.4. The highest BCUT2D eigenvalue weighted by atomic mass is 35.5. The summed E-state index contributed by atoms with van der Waals surface area (Å²) in [6.45, 7) is -1.12. The van der Waals surface area contributed by atoms with Gasteiger partial charge in [0.05, 0.1) is 22.2 Å². The molecule has 2 aromatic heterocycles. The van der Waals surface area contributed by atoms with Crippen molar-refractivity contribution in [2.24, 2.45) is 13.0 Å². The maximum atomic E-state index is 13.5. The number of carbonyl (C=O) groups excluding carboxylic acids is 1. The van der Waals surface area contributed by atoms with Gasteiger partial charge in [-0.1, -0.05) is 17.7 Å². The molecule has 7 nitrogen and oxygen atoms in total. The van der Waals surface area contributed by atoms with Crippen molar-refractivity contribution in [1.82, 2.24) is 19.9 Å². The first kappa shape index (κ1) is 29.6. The summed E-state index contributed by atoms with van der Waals surface area (Å²) in [5.41, 5.74) is -1.89. The maximum absolute atomic E-state index is 13.5. The molecule has 0 bridgehead atoms. The number of anilines is 2. The summed E-state index contributed by atoms with van der Waals surface area (Å²) < 4.78 is 112. The third-order valence-electron chi connectivity index (χ3n) is 6.48. The van der Waals surface area contributed by atoms with Crippen LogP contribution in [0.3, 0.4) is 0 Å². The number of aryl methyl sites for hydroxylation is 1. The maximum Gasteiger partial charge on any atom is 0.418 e. The van der Waals surface area contributed by atoms with Crippen molar-refractivity contribution < 1.29 is 44.7 Å². The lowest BCUT2D eigenvalue weighted by molar-refractivity contribution is -0.182. The molecule has 1 aliphatic rings. The van der Waals surface area contributed by atoms with Crippen LogP contribution in [0.1, 0.15) is 41.6 Å². The number of pyridine rings is 1. The van der Waals surface area contributed by atoms with E-state index in [4.69, 9.17) is 16.3 Å². The summed E-state index contributed by atoms with van der Waals surface area (Å²) in [6, 6.07) is 3.73. The second-order valence-corrected chi connectivity index (χ2v) is 9.64. The molecular formula is C24H22ClF8N5O2. The molecular weight excluding hydrogens is 578 g/mol. The fraction of sp³-hybridized carbons (Fsp3) is 0.458.